The second-order valence-electron chi connectivity index (χ2n) is 4.02. The predicted molar refractivity (Wildman–Crippen MR) is 48.4 cm³/mol. The van der Waals surface area contributed by atoms with E-state index in [4.69, 9.17) is 4.74 Å². The van der Waals surface area contributed by atoms with Gasteiger partial charge in [0.2, 0.25) is 0 Å². The molecule has 2 fully saturated rings. The summed E-state index contributed by atoms with van der Waals surface area (Å²) in [6.45, 7) is 1.17. The van der Waals surface area contributed by atoms with Crippen molar-refractivity contribution in [2.24, 2.45) is 11.3 Å². The van der Waals surface area contributed by atoms with E-state index >= 15 is 0 Å². The van der Waals surface area contributed by atoms with Crippen LogP contribution in [0.25, 0.3) is 0 Å². The molecule has 0 aromatic carbocycles. The van der Waals surface area contributed by atoms with Crippen LogP contribution in [0.2, 0.25) is 0 Å². The maximum atomic E-state index is 11.3. The third-order valence-electron chi connectivity index (χ3n) is 3.23. The van der Waals surface area contributed by atoms with Crippen LogP contribution in [0.3, 0.4) is 0 Å². The van der Waals surface area contributed by atoms with Crippen molar-refractivity contribution in [3.8, 4) is 0 Å². The third-order valence-corrected chi connectivity index (χ3v) is 3.23. The van der Waals surface area contributed by atoms with E-state index in [1.807, 2.05) is 0 Å². The van der Waals surface area contributed by atoms with Crippen molar-refractivity contribution < 1.29 is 24.2 Å². The average molecular weight is 215 g/mol. The monoisotopic (exact) mass is 215 g/mol. The second kappa shape index (κ2) is 3.37. The van der Waals surface area contributed by atoms with E-state index in [0.717, 1.165) is 0 Å². The van der Waals surface area contributed by atoms with Gasteiger partial charge in [0.05, 0.1) is 20.3 Å². The lowest BCUT2D eigenvalue weighted by Crippen LogP contribution is -2.40. The van der Waals surface area contributed by atoms with Crippen molar-refractivity contribution in [2.75, 3.05) is 33.4 Å². The van der Waals surface area contributed by atoms with Gasteiger partial charge in [0.1, 0.15) is 5.41 Å². The molecule has 0 aromatic heterocycles. The maximum absolute atomic E-state index is 11.3. The second-order valence-corrected chi connectivity index (χ2v) is 4.02. The number of nitrogens with zero attached hydrogens (tertiary/aromatic N) is 1. The summed E-state index contributed by atoms with van der Waals surface area (Å²) in [5.41, 5.74) is -0.922. The van der Waals surface area contributed by atoms with Crippen LogP contribution in [0.1, 0.15) is 0 Å². The molecule has 2 saturated heterocycles. The number of hydrogen-bond acceptors (Lipinski definition) is 4. The fourth-order valence-electron chi connectivity index (χ4n) is 2.31. The minimum Gasteiger partial charge on any atom is -0.481 e. The van der Waals surface area contributed by atoms with E-state index in [9.17, 15) is 14.7 Å². The van der Waals surface area contributed by atoms with Gasteiger partial charge in [-0.2, -0.15) is 0 Å². The molecule has 2 heterocycles. The van der Waals surface area contributed by atoms with Gasteiger partial charge in [-0.3, -0.25) is 4.79 Å². The summed E-state index contributed by atoms with van der Waals surface area (Å²) >= 11 is 0. The zero-order chi connectivity index (χ0) is 11.1. The van der Waals surface area contributed by atoms with E-state index < -0.39 is 17.5 Å². The molecule has 2 aliphatic heterocycles. The zero-order valence-corrected chi connectivity index (χ0v) is 8.43. The number of amides is 1. The Labute approximate surface area is 86.8 Å². The number of ether oxygens (including phenoxy) is 2. The molecule has 0 bridgehead atoms. The molecule has 2 unspecified atom stereocenters. The number of hydrogen-bond donors (Lipinski definition) is 1. The molecule has 0 aromatic rings. The Morgan fingerprint density at radius 1 is 1.60 bits per heavy atom. The minimum atomic E-state index is -0.922. The highest BCUT2D eigenvalue weighted by molar-refractivity contribution is 5.79. The van der Waals surface area contributed by atoms with Crippen LogP contribution in [0.5, 0.6) is 0 Å². The van der Waals surface area contributed by atoms with Crippen molar-refractivity contribution in [1.82, 2.24) is 4.90 Å². The van der Waals surface area contributed by atoms with E-state index in [1.165, 1.54) is 12.0 Å². The Morgan fingerprint density at radius 3 is 2.87 bits per heavy atom. The summed E-state index contributed by atoms with van der Waals surface area (Å²) in [6.07, 6.45) is -0.468. The number of methoxy groups -OCH3 is 1. The fourth-order valence-corrected chi connectivity index (χ4v) is 2.31. The first-order valence-corrected chi connectivity index (χ1v) is 4.74. The van der Waals surface area contributed by atoms with E-state index in [2.05, 4.69) is 4.74 Å². The number of carbonyl (C=O) groups is 2. The molecule has 2 atom stereocenters. The molecule has 0 saturated carbocycles. The van der Waals surface area contributed by atoms with E-state index in [-0.39, 0.29) is 19.1 Å². The standard InChI is InChI=1S/C9H13NO5/c1-14-8(13)10-2-6-3-15-5-9(6,4-10)7(11)12/h6H,2-5H2,1H3,(H,11,12). The van der Waals surface area contributed by atoms with Crippen LogP contribution < -0.4 is 0 Å². The van der Waals surface area contributed by atoms with Gasteiger partial charge >= 0.3 is 12.1 Å². The largest absolute Gasteiger partial charge is 0.481 e. The van der Waals surface area contributed by atoms with Gasteiger partial charge in [-0.05, 0) is 0 Å². The lowest BCUT2D eigenvalue weighted by Gasteiger charge is -2.21. The summed E-state index contributed by atoms with van der Waals surface area (Å²) in [5.74, 6) is -1.01. The van der Waals surface area contributed by atoms with Crippen LogP contribution in [0.15, 0.2) is 0 Å². The summed E-state index contributed by atoms with van der Waals surface area (Å²) in [4.78, 5) is 23.9. The number of aliphatic carboxylic acids is 1. The van der Waals surface area contributed by atoms with Crippen LogP contribution >= 0.6 is 0 Å². The predicted octanol–water partition coefficient (Wildman–Crippen LogP) is -0.214. The summed E-state index contributed by atoms with van der Waals surface area (Å²) in [5, 5.41) is 9.19. The number of rotatable bonds is 1. The molecule has 1 amide bonds. The molecule has 0 spiro atoms. The van der Waals surface area contributed by atoms with Crippen molar-refractivity contribution in [1.29, 1.82) is 0 Å². The molecule has 2 aliphatic rings. The number of carbonyl (C=O) groups excluding carboxylic acids is 1. The van der Waals surface area contributed by atoms with Crippen LogP contribution in [0, 0.1) is 11.3 Å². The van der Waals surface area contributed by atoms with E-state index in [1.54, 1.807) is 0 Å². The average Bonchev–Trinajstić information content (AvgIpc) is 2.72. The number of fused-ring (bicyclic) bond motifs is 1. The van der Waals surface area contributed by atoms with Gasteiger partial charge in [0.25, 0.3) is 0 Å². The molecule has 15 heavy (non-hydrogen) atoms. The lowest BCUT2D eigenvalue weighted by atomic mass is 9.81. The molecule has 0 aliphatic carbocycles. The summed E-state index contributed by atoms with van der Waals surface area (Å²) in [7, 11) is 1.29. The number of likely N-dealkylation sites (tertiary alicyclic amines) is 1. The van der Waals surface area contributed by atoms with E-state index in [0.29, 0.717) is 13.2 Å². The first kappa shape index (κ1) is 10.2. The molecule has 6 heteroatoms. The Hall–Kier alpha value is -1.30. The quantitative estimate of drug-likeness (QED) is 0.654. The van der Waals surface area contributed by atoms with Crippen molar-refractivity contribution in [3.63, 3.8) is 0 Å². The van der Waals surface area contributed by atoms with Gasteiger partial charge in [-0.1, -0.05) is 0 Å². The fraction of sp³-hybridized carbons (Fsp3) is 0.778. The Balaban J connectivity index is 2.18. The number of carboxylic acid groups (broad SMARTS) is 1. The molecule has 0 radical (unpaired) electrons. The molecular weight excluding hydrogens is 202 g/mol. The molecule has 2 rings (SSSR count). The van der Waals surface area contributed by atoms with Crippen LogP contribution in [-0.4, -0.2) is 55.5 Å². The molecule has 84 valence electrons. The third kappa shape index (κ3) is 1.36. The van der Waals surface area contributed by atoms with Crippen LogP contribution in [0.4, 0.5) is 4.79 Å². The Morgan fingerprint density at radius 2 is 2.33 bits per heavy atom. The minimum absolute atomic E-state index is 0.117. The van der Waals surface area contributed by atoms with Crippen molar-refractivity contribution >= 4 is 12.1 Å². The maximum Gasteiger partial charge on any atom is 0.409 e. The molecular formula is C9H13NO5. The molecule has 6 nitrogen and oxygen atoms in total. The van der Waals surface area contributed by atoms with Crippen molar-refractivity contribution in [3.05, 3.63) is 0 Å². The zero-order valence-electron chi connectivity index (χ0n) is 8.43. The Bertz CT molecular complexity index is 305. The summed E-state index contributed by atoms with van der Waals surface area (Å²) in [6, 6.07) is 0. The van der Waals surface area contributed by atoms with Crippen LogP contribution in [-0.2, 0) is 14.3 Å². The summed E-state index contributed by atoms with van der Waals surface area (Å²) < 4.78 is 9.76. The number of carboxylic acids is 1. The van der Waals surface area contributed by atoms with Gasteiger partial charge in [-0.15, -0.1) is 0 Å². The normalized spacial score (nSPS) is 33.9. The topological polar surface area (TPSA) is 76.1 Å². The smallest absolute Gasteiger partial charge is 0.409 e. The van der Waals surface area contributed by atoms with Gasteiger partial charge < -0.3 is 19.5 Å². The highest BCUT2D eigenvalue weighted by Crippen LogP contribution is 2.41. The SMILES string of the molecule is COC(=O)N1CC2COCC2(C(=O)O)C1. The molecule has 1 N–H and O–H groups in total. The van der Waals surface area contributed by atoms with Gasteiger partial charge in [0.15, 0.2) is 0 Å². The van der Waals surface area contributed by atoms with Crippen molar-refractivity contribution in [2.45, 2.75) is 0 Å². The first-order valence-electron chi connectivity index (χ1n) is 4.74. The highest BCUT2D eigenvalue weighted by atomic mass is 16.5. The Kier molecular flexibility index (Phi) is 2.30. The van der Waals surface area contributed by atoms with Gasteiger partial charge in [-0.25, -0.2) is 4.79 Å². The highest BCUT2D eigenvalue weighted by Gasteiger charge is 2.57. The lowest BCUT2D eigenvalue weighted by molar-refractivity contribution is -0.149. The first-order chi connectivity index (χ1) is 7.10. The van der Waals surface area contributed by atoms with Gasteiger partial charge in [0, 0.05) is 19.0 Å².